The molecule has 0 radical (unpaired) electrons. The van der Waals surface area contributed by atoms with Crippen LogP contribution in [0, 0.1) is 11.8 Å². The maximum absolute atomic E-state index is 5.10. The lowest BCUT2D eigenvalue weighted by molar-refractivity contribution is 0.138. The van der Waals surface area contributed by atoms with Crippen LogP contribution in [0.2, 0.25) is 0 Å². The Kier molecular flexibility index (Phi) is 8.31. The number of hydrogen-bond donors (Lipinski definition) is 0. The quantitative estimate of drug-likeness (QED) is 0.579. The molecule has 1 saturated heterocycles. The Morgan fingerprint density at radius 3 is 2.33 bits per heavy atom. The number of nitrogens with zero attached hydrogens (tertiary/aromatic N) is 2. The van der Waals surface area contributed by atoms with Crippen LogP contribution in [0.4, 0.5) is 0 Å². The predicted molar refractivity (Wildman–Crippen MR) is 80.5 cm³/mol. The molecule has 2 fully saturated rings. The van der Waals surface area contributed by atoms with Gasteiger partial charge in [0.2, 0.25) is 0 Å². The van der Waals surface area contributed by atoms with Gasteiger partial charge in [-0.25, -0.2) is 4.31 Å². The van der Waals surface area contributed by atoms with Crippen LogP contribution in [0.5, 0.6) is 0 Å². The van der Waals surface area contributed by atoms with Gasteiger partial charge in [0.1, 0.15) is 0 Å². The van der Waals surface area contributed by atoms with Crippen molar-refractivity contribution >= 4 is 12.2 Å². The molecule has 0 aromatic carbocycles. The van der Waals surface area contributed by atoms with Gasteiger partial charge >= 0.3 is 0 Å². The van der Waals surface area contributed by atoms with Gasteiger partial charge in [0.25, 0.3) is 0 Å². The Bertz CT molecular complexity index is 214. The second-order valence-corrected chi connectivity index (χ2v) is 6.62. The maximum atomic E-state index is 5.10. The zero-order valence-electron chi connectivity index (χ0n) is 12.5. The summed E-state index contributed by atoms with van der Waals surface area (Å²) in [7, 11) is 5.87. The first kappa shape index (κ1) is 16.3. The zero-order chi connectivity index (χ0) is 13.4. The molecule has 2 aliphatic rings. The predicted octanol–water partition coefficient (Wildman–Crippen LogP) is 3.28. The minimum absolute atomic E-state index is 0.963. The van der Waals surface area contributed by atoms with Crippen molar-refractivity contribution in [2.45, 2.75) is 39.0 Å². The summed E-state index contributed by atoms with van der Waals surface area (Å²) < 4.78 is 7.49. The Morgan fingerprint density at radius 2 is 1.78 bits per heavy atom. The molecule has 0 N–H and O–H groups in total. The minimum Gasteiger partial charge on any atom is -0.310 e. The van der Waals surface area contributed by atoms with Gasteiger partial charge in [-0.3, -0.25) is 0 Å². The van der Waals surface area contributed by atoms with Crippen LogP contribution in [-0.4, -0.2) is 50.0 Å². The molecule has 0 amide bonds. The van der Waals surface area contributed by atoms with Crippen LogP contribution in [0.25, 0.3) is 0 Å². The molecule has 108 valence electrons. The lowest BCUT2D eigenvalue weighted by Crippen LogP contribution is -2.38. The molecule has 1 heterocycles. The largest absolute Gasteiger partial charge is 0.310 e. The molecule has 0 aromatic rings. The zero-order valence-corrected chi connectivity index (χ0v) is 13.3. The summed E-state index contributed by atoms with van der Waals surface area (Å²) in [6, 6.07) is 0. The average Bonchev–Trinajstić information content (AvgIpc) is 2.39. The molecule has 18 heavy (non-hydrogen) atoms. The molecule has 2 unspecified atom stereocenters. The highest BCUT2D eigenvalue weighted by Gasteiger charge is 2.31. The van der Waals surface area contributed by atoms with Crippen LogP contribution in [-0.2, 0) is 4.18 Å². The third-order valence-corrected chi connectivity index (χ3v) is 4.76. The van der Waals surface area contributed by atoms with Gasteiger partial charge in [-0.1, -0.05) is 26.2 Å². The van der Waals surface area contributed by atoms with Crippen molar-refractivity contribution in [3.63, 3.8) is 0 Å². The van der Waals surface area contributed by atoms with E-state index in [1.54, 1.807) is 19.3 Å². The van der Waals surface area contributed by atoms with Crippen LogP contribution in [0.15, 0.2) is 0 Å². The topological polar surface area (TPSA) is 15.7 Å². The molecule has 0 bridgehead atoms. The summed E-state index contributed by atoms with van der Waals surface area (Å²) in [6.45, 7) is 5.74. The highest BCUT2D eigenvalue weighted by atomic mass is 32.2. The SMILES string of the molecule is CCN(C)C.COSN1CCC2CCCCC2C1. The summed E-state index contributed by atoms with van der Waals surface area (Å²) in [6.07, 6.45) is 7.24. The highest BCUT2D eigenvalue weighted by Crippen LogP contribution is 2.37. The van der Waals surface area contributed by atoms with E-state index in [9.17, 15) is 0 Å². The van der Waals surface area contributed by atoms with Crippen molar-refractivity contribution in [2.24, 2.45) is 11.8 Å². The molecule has 3 nitrogen and oxygen atoms in total. The summed E-state index contributed by atoms with van der Waals surface area (Å²) in [4.78, 5) is 2.12. The fourth-order valence-electron chi connectivity index (χ4n) is 2.74. The van der Waals surface area contributed by atoms with Crippen molar-refractivity contribution in [3.8, 4) is 0 Å². The average molecular weight is 274 g/mol. The van der Waals surface area contributed by atoms with E-state index in [2.05, 4.69) is 30.2 Å². The first-order valence-electron chi connectivity index (χ1n) is 7.27. The first-order valence-corrected chi connectivity index (χ1v) is 7.97. The van der Waals surface area contributed by atoms with E-state index in [0.29, 0.717) is 0 Å². The van der Waals surface area contributed by atoms with Gasteiger partial charge in [0.15, 0.2) is 0 Å². The van der Waals surface area contributed by atoms with Gasteiger partial charge < -0.3 is 9.08 Å². The molecular weight excluding hydrogens is 244 g/mol. The standard InChI is InChI=1S/C10H19NOS.C4H11N/c1-12-13-11-7-6-9-4-2-3-5-10(9)8-11;1-4-5(2)3/h9-10H,2-8H2,1H3;4H2,1-3H3. The number of fused-ring (bicyclic) bond motifs is 1. The number of rotatable bonds is 3. The second-order valence-electron chi connectivity index (χ2n) is 5.62. The molecular formula is C14H30N2OS. The minimum atomic E-state index is 0.963. The Morgan fingerprint density at radius 1 is 1.17 bits per heavy atom. The molecule has 2 rings (SSSR count). The summed E-state index contributed by atoms with van der Waals surface area (Å²) in [5.74, 6) is 1.99. The molecule has 0 aromatic heterocycles. The Labute approximate surface area is 118 Å². The van der Waals surface area contributed by atoms with E-state index in [-0.39, 0.29) is 0 Å². The van der Waals surface area contributed by atoms with Crippen molar-refractivity contribution in [2.75, 3.05) is 40.8 Å². The lowest BCUT2D eigenvalue weighted by atomic mass is 9.76. The molecule has 1 saturated carbocycles. The van der Waals surface area contributed by atoms with E-state index in [0.717, 1.165) is 18.4 Å². The van der Waals surface area contributed by atoms with E-state index in [1.165, 1.54) is 45.2 Å². The van der Waals surface area contributed by atoms with Crippen LogP contribution < -0.4 is 0 Å². The Balaban J connectivity index is 0.000000280. The van der Waals surface area contributed by atoms with E-state index in [4.69, 9.17) is 4.18 Å². The van der Waals surface area contributed by atoms with Crippen LogP contribution >= 0.6 is 12.2 Å². The molecule has 1 aliphatic heterocycles. The van der Waals surface area contributed by atoms with Crippen molar-refractivity contribution < 1.29 is 4.18 Å². The van der Waals surface area contributed by atoms with Crippen LogP contribution in [0.3, 0.4) is 0 Å². The van der Waals surface area contributed by atoms with Gasteiger partial charge in [0, 0.05) is 13.1 Å². The monoisotopic (exact) mass is 274 g/mol. The first-order chi connectivity index (χ1) is 8.67. The Hall–Kier alpha value is 0.230. The van der Waals surface area contributed by atoms with Gasteiger partial charge in [-0.05, 0) is 45.3 Å². The number of piperidine rings is 1. The second kappa shape index (κ2) is 9.18. The summed E-state index contributed by atoms with van der Waals surface area (Å²) in [5, 5.41) is 0. The van der Waals surface area contributed by atoms with Gasteiger partial charge in [-0.2, -0.15) is 0 Å². The maximum Gasteiger partial charge on any atom is 0.0816 e. The molecule has 2 atom stereocenters. The fraction of sp³-hybridized carbons (Fsp3) is 1.00. The summed E-state index contributed by atoms with van der Waals surface area (Å²) >= 11 is 1.54. The normalized spacial score (nSPS) is 28.5. The van der Waals surface area contributed by atoms with Crippen molar-refractivity contribution in [1.82, 2.24) is 9.21 Å². The van der Waals surface area contributed by atoms with Gasteiger partial charge in [0.05, 0.1) is 19.3 Å². The number of hydrogen-bond acceptors (Lipinski definition) is 4. The molecule has 1 aliphatic carbocycles. The van der Waals surface area contributed by atoms with Crippen molar-refractivity contribution in [3.05, 3.63) is 0 Å². The third-order valence-electron chi connectivity index (χ3n) is 4.07. The fourth-order valence-corrected chi connectivity index (χ4v) is 3.38. The van der Waals surface area contributed by atoms with Gasteiger partial charge in [-0.15, -0.1) is 0 Å². The van der Waals surface area contributed by atoms with E-state index >= 15 is 0 Å². The summed E-state index contributed by atoms with van der Waals surface area (Å²) in [5.41, 5.74) is 0. The highest BCUT2D eigenvalue weighted by molar-refractivity contribution is 7.92. The molecule has 4 heteroatoms. The molecule has 0 spiro atoms. The van der Waals surface area contributed by atoms with Crippen molar-refractivity contribution in [1.29, 1.82) is 0 Å². The van der Waals surface area contributed by atoms with E-state index in [1.807, 2.05) is 0 Å². The van der Waals surface area contributed by atoms with E-state index < -0.39 is 0 Å². The smallest absolute Gasteiger partial charge is 0.0816 e. The van der Waals surface area contributed by atoms with Crippen LogP contribution in [0.1, 0.15) is 39.0 Å². The lowest BCUT2D eigenvalue weighted by Gasteiger charge is -2.39. The third kappa shape index (κ3) is 5.91.